The quantitative estimate of drug-likeness (QED) is 0.459. The number of carbonyl (C=O) groups is 1. The first-order chi connectivity index (χ1) is 14.7. The third kappa shape index (κ3) is 4.15. The topological polar surface area (TPSA) is 68.0 Å². The summed E-state index contributed by atoms with van der Waals surface area (Å²) in [6, 6.07) is 25.1. The molecule has 0 aliphatic carbocycles. The molecule has 0 unspecified atom stereocenters. The molecule has 4 rings (SSSR count). The number of aromatic nitrogens is 3. The lowest BCUT2D eigenvalue weighted by molar-refractivity contribution is 0.0697. The zero-order valence-corrected chi connectivity index (χ0v) is 16.8. The Balaban J connectivity index is 1.61. The van der Waals surface area contributed by atoms with Crippen molar-refractivity contribution in [2.75, 3.05) is 0 Å². The van der Waals surface area contributed by atoms with Gasteiger partial charge in [-0.05, 0) is 29.2 Å². The van der Waals surface area contributed by atoms with Gasteiger partial charge in [-0.1, -0.05) is 79.7 Å². The smallest absolute Gasteiger partial charge is 0.336 e. The van der Waals surface area contributed by atoms with Gasteiger partial charge in [0.05, 0.1) is 5.56 Å². The second-order valence-corrected chi connectivity index (χ2v) is 7.17. The maximum atomic E-state index is 11.5. The molecule has 30 heavy (non-hydrogen) atoms. The number of aryl methyl sites for hydroxylation is 1. The van der Waals surface area contributed by atoms with E-state index in [0.29, 0.717) is 12.0 Å². The molecule has 1 N–H and O–H groups in total. The minimum atomic E-state index is -0.921. The van der Waals surface area contributed by atoms with Crippen LogP contribution in [-0.2, 0) is 13.0 Å². The molecule has 0 radical (unpaired) electrons. The van der Waals surface area contributed by atoms with Crippen LogP contribution in [0.3, 0.4) is 0 Å². The summed E-state index contributed by atoms with van der Waals surface area (Å²) in [6.45, 7) is 2.95. The van der Waals surface area contributed by atoms with Crippen molar-refractivity contribution in [1.29, 1.82) is 0 Å². The summed E-state index contributed by atoms with van der Waals surface area (Å²) < 4.78 is 1.98. The number of nitrogens with zero attached hydrogens (tertiary/aromatic N) is 3. The zero-order chi connectivity index (χ0) is 20.9. The SMILES string of the molecule is CCCn1nc(-c2ccccc2)nc1Cc1ccc(-c2ccccc2C(=O)O)cc1. The lowest BCUT2D eigenvalue weighted by atomic mass is 9.98. The number of aromatic carboxylic acids is 1. The van der Waals surface area contributed by atoms with Crippen molar-refractivity contribution in [2.45, 2.75) is 26.3 Å². The Kier molecular flexibility index (Phi) is 5.70. The van der Waals surface area contributed by atoms with Gasteiger partial charge in [0.2, 0.25) is 0 Å². The molecular formula is C25H23N3O2. The van der Waals surface area contributed by atoms with Gasteiger partial charge in [0.25, 0.3) is 0 Å². The first-order valence-electron chi connectivity index (χ1n) is 10.1. The van der Waals surface area contributed by atoms with Gasteiger partial charge < -0.3 is 5.11 Å². The van der Waals surface area contributed by atoms with Gasteiger partial charge >= 0.3 is 5.97 Å². The van der Waals surface area contributed by atoms with Gasteiger partial charge in [0.15, 0.2) is 5.82 Å². The van der Waals surface area contributed by atoms with Crippen LogP contribution in [0.4, 0.5) is 0 Å². The fourth-order valence-electron chi connectivity index (χ4n) is 3.51. The second-order valence-electron chi connectivity index (χ2n) is 7.17. The van der Waals surface area contributed by atoms with Crippen LogP contribution in [0.25, 0.3) is 22.5 Å². The molecular weight excluding hydrogens is 374 g/mol. The number of carboxylic acids is 1. The molecule has 3 aromatic carbocycles. The van der Waals surface area contributed by atoms with Gasteiger partial charge in [-0.25, -0.2) is 14.5 Å². The van der Waals surface area contributed by atoms with E-state index in [-0.39, 0.29) is 0 Å². The van der Waals surface area contributed by atoms with E-state index < -0.39 is 5.97 Å². The molecule has 4 aromatic rings. The molecule has 0 fully saturated rings. The van der Waals surface area contributed by atoms with Gasteiger partial charge in [0.1, 0.15) is 5.82 Å². The monoisotopic (exact) mass is 397 g/mol. The molecule has 0 saturated carbocycles. The minimum Gasteiger partial charge on any atom is -0.478 e. The minimum absolute atomic E-state index is 0.306. The highest BCUT2D eigenvalue weighted by Crippen LogP contribution is 2.25. The van der Waals surface area contributed by atoms with Crippen LogP contribution in [0.2, 0.25) is 0 Å². The number of rotatable bonds is 7. The maximum Gasteiger partial charge on any atom is 0.336 e. The second kappa shape index (κ2) is 8.74. The first-order valence-corrected chi connectivity index (χ1v) is 10.1. The van der Waals surface area contributed by atoms with Crippen molar-refractivity contribution in [3.05, 3.63) is 95.8 Å². The molecule has 0 aliphatic heterocycles. The highest BCUT2D eigenvalue weighted by Gasteiger charge is 2.13. The zero-order valence-electron chi connectivity index (χ0n) is 16.8. The van der Waals surface area contributed by atoms with Crippen molar-refractivity contribution >= 4 is 5.97 Å². The third-order valence-electron chi connectivity index (χ3n) is 5.00. The van der Waals surface area contributed by atoms with Crippen LogP contribution in [-0.4, -0.2) is 25.8 Å². The molecule has 5 nitrogen and oxygen atoms in total. The predicted octanol–water partition coefficient (Wildman–Crippen LogP) is 5.31. The van der Waals surface area contributed by atoms with E-state index in [2.05, 4.69) is 6.92 Å². The largest absolute Gasteiger partial charge is 0.478 e. The molecule has 1 aromatic heterocycles. The molecule has 1 heterocycles. The summed E-state index contributed by atoms with van der Waals surface area (Å²) in [5.74, 6) is 0.747. The summed E-state index contributed by atoms with van der Waals surface area (Å²) in [6.07, 6.45) is 1.65. The molecule has 0 aliphatic rings. The van der Waals surface area contributed by atoms with E-state index in [9.17, 15) is 9.90 Å². The molecule has 0 bridgehead atoms. The Bertz CT molecular complexity index is 1150. The van der Waals surface area contributed by atoms with Crippen LogP contribution < -0.4 is 0 Å². The first kappa shape index (κ1) is 19.6. The average molecular weight is 397 g/mol. The van der Waals surface area contributed by atoms with E-state index >= 15 is 0 Å². The van der Waals surface area contributed by atoms with Gasteiger partial charge in [0, 0.05) is 18.5 Å². The van der Waals surface area contributed by atoms with E-state index in [1.807, 2.05) is 71.4 Å². The van der Waals surface area contributed by atoms with E-state index in [1.54, 1.807) is 12.1 Å². The summed E-state index contributed by atoms with van der Waals surface area (Å²) in [7, 11) is 0. The maximum absolute atomic E-state index is 11.5. The van der Waals surface area contributed by atoms with E-state index in [1.165, 1.54) is 0 Å². The summed E-state index contributed by atoms with van der Waals surface area (Å²) in [5.41, 5.74) is 4.03. The molecule has 0 spiro atoms. The third-order valence-corrected chi connectivity index (χ3v) is 5.00. The van der Waals surface area contributed by atoms with Crippen molar-refractivity contribution < 1.29 is 9.90 Å². The van der Waals surface area contributed by atoms with E-state index in [0.717, 1.165) is 46.9 Å². The lowest BCUT2D eigenvalue weighted by Crippen LogP contribution is -2.06. The molecule has 0 saturated heterocycles. The molecule has 150 valence electrons. The number of carboxylic acid groups (broad SMARTS) is 1. The Labute approximate surface area is 175 Å². The number of hydrogen-bond donors (Lipinski definition) is 1. The predicted molar refractivity (Wildman–Crippen MR) is 117 cm³/mol. The van der Waals surface area contributed by atoms with Crippen molar-refractivity contribution in [3.8, 4) is 22.5 Å². The lowest BCUT2D eigenvalue weighted by Gasteiger charge is -2.08. The number of hydrogen-bond acceptors (Lipinski definition) is 3. The van der Waals surface area contributed by atoms with Crippen LogP contribution in [0.1, 0.15) is 35.1 Å². The highest BCUT2D eigenvalue weighted by atomic mass is 16.4. The summed E-state index contributed by atoms with van der Waals surface area (Å²) in [5, 5.41) is 14.1. The molecule has 0 amide bonds. The Hall–Kier alpha value is -3.73. The normalized spacial score (nSPS) is 10.8. The molecule has 5 heteroatoms. The van der Waals surface area contributed by atoms with Crippen LogP contribution >= 0.6 is 0 Å². The average Bonchev–Trinajstić information content (AvgIpc) is 3.17. The van der Waals surface area contributed by atoms with Crippen LogP contribution in [0, 0.1) is 0 Å². The van der Waals surface area contributed by atoms with Gasteiger partial charge in [-0.15, -0.1) is 0 Å². The van der Waals surface area contributed by atoms with Gasteiger partial charge in [-0.2, -0.15) is 5.10 Å². The number of benzene rings is 3. The Morgan fingerprint density at radius 2 is 1.60 bits per heavy atom. The van der Waals surface area contributed by atoms with Crippen molar-refractivity contribution in [2.24, 2.45) is 0 Å². The van der Waals surface area contributed by atoms with Gasteiger partial charge in [-0.3, -0.25) is 0 Å². The van der Waals surface area contributed by atoms with Crippen molar-refractivity contribution in [1.82, 2.24) is 14.8 Å². The van der Waals surface area contributed by atoms with E-state index in [4.69, 9.17) is 10.1 Å². The molecule has 0 atom stereocenters. The summed E-state index contributed by atoms with van der Waals surface area (Å²) in [4.78, 5) is 16.3. The fraction of sp³-hybridized carbons (Fsp3) is 0.160. The standard InChI is InChI=1S/C25H23N3O2/c1-2-16-28-23(26-24(27-28)20-8-4-3-5-9-20)17-18-12-14-19(15-13-18)21-10-6-7-11-22(21)25(29)30/h3-15H,2,16-17H2,1H3,(H,29,30). The Morgan fingerprint density at radius 3 is 2.30 bits per heavy atom. The Morgan fingerprint density at radius 1 is 0.900 bits per heavy atom. The van der Waals surface area contributed by atoms with Crippen LogP contribution in [0.15, 0.2) is 78.9 Å². The summed E-state index contributed by atoms with van der Waals surface area (Å²) >= 11 is 0. The fourth-order valence-corrected chi connectivity index (χ4v) is 3.51. The van der Waals surface area contributed by atoms with Crippen LogP contribution in [0.5, 0.6) is 0 Å². The highest BCUT2D eigenvalue weighted by molar-refractivity contribution is 5.95. The van der Waals surface area contributed by atoms with Crippen molar-refractivity contribution in [3.63, 3.8) is 0 Å².